The molecule has 4 heterocycles. The van der Waals surface area contributed by atoms with Crippen molar-refractivity contribution in [2.75, 3.05) is 62.6 Å². The fraction of sp³-hybridized carbons (Fsp3) is 0.605. The van der Waals surface area contributed by atoms with Gasteiger partial charge in [-0.15, -0.1) is 11.8 Å². The Morgan fingerprint density at radius 1 is 0.959 bits per heavy atom. The highest BCUT2D eigenvalue weighted by Crippen LogP contribution is 2.48. The quantitative estimate of drug-likeness (QED) is 0.355. The topological polar surface area (TPSA) is 79.4 Å². The Bertz CT molecular complexity index is 1520. The van der Waals surface area contributed by atoms with Crippen molar-refractivity contribution >= 4 is 41.0 Å². The van der Waals surface area contributed by atoms with Crippen molar-refractivity contribution < 1.29 is 18.8 Å². The molecule has 6 rings (SSSR count). The van der Waals surface area contributed by atoms with Crippen LogP contribution in [0, 0.1) is 11.7 Å². The first kappa shape index (κ1) is 35.5. The van der Waals surface area contributed by atoms with Gasteiger partial charge in [0.1, 0.15) is 11.2 Å². The van der Waals surface area contributed by atoms with E-state index in [0.717, 1.165) is 42.7 Å². The molecule has 3 saturated heterocycles. The largest absolute Gasteiger partial charge is 0.366 e. The smallest absolute Gasteiger partial charge is 0.322 e. The van der Waals surface area contributed by atoms with Gasteiger partial charge in [0, 0.05) is 81.6 Å². The Hall–Kier alpha value is -3.31. The van der Waals surface area contributed by atoms with Crippen molar-refractivity contribution in [1.82, 2.24) is 19.6 Å². The van der Waals surface area contributed by atoms with Crippen LogP contribution in [-0.2, 0) is 16.0 Å². The van der Waals surface area contributed by atoms with Crippen LogP contribution in [0.3, 0.4) is 0 Å². The first-order chi connectivity index (χ1) is 23.4. The number of hydrogen-bond acceptors (Lipinski definition) is 6. The van der Waals surface area contributed by atoms with Crippen molar-refractivity contribution in [2.24, 2.45) is 5.92 Å². The molecule has 0 aromatic heterocycles. The van der Waals surface area contributed by atoms with Crippen molar-refractivity contribution in [1.29, 1.82) is 0 Å². The molecule has 2 aromatic carbocycles. The average molecular weight is 693 g/mol. The molecule has 1 N–H and O–H groups in total. The molecule has 266 valence electrons. The molecule has 1 unspecified atom stereocenters. The number of para-hydroxylation sites is 2. The van der Waals surface area contributed by atoms with Crippen LogP contribution in [0.1, 0.15) is 76.8 Å². The van der Waals surface area contributed by atoms with Crippen LogP contribution < -0.4 is 10.2 Å². The minimum absolute atomic E-state index is 0.0285. The van der Waals surface area contributed by atoms with E-state index < -0.39 is 5.25 Å². The van der Waals surface area contributed by atoms with E-state index in [4.69, 9.17) is 0 Å². The maximum Gasteiger partial charge on any atom is 0.322 e. The lowest BCUT2D eigenvalue weighted by Gasteiger charge is -2.43. The number of benzene rings is 2. The number of urea groups is 1. The molecule has 3 fully saturated rings. The zero-order chi connectivity index (χ0) is 34.9. The molecule has 4 amide bonds. The average Bonchev–Trinajstić information content (AvgIpc) is 3.26. The second-order valence-corrected chi connectivity index (χ2v) is 16.6. The Kier molecular flexibility index (Phi) is 10.8. The number of fused-ring (bicyclic) bond motifs is 1. The van der Waals surface area contributed by atoms with E-state index in [-0.39, 0.29) is 47.0 Å². The summed E-state index contributed by atoms with van der Waals surface area (Å²) < 4.78 is 15.7. The molecule has 4 aliphatic heterocycles. The summed E-state index contributed by atoms with van der Waals surface area (Å²) in [6, 6.07) is 13.1. The van der Waals surface area contributed by atoms with Crippen molar-refractivity contribution in [3.8, 4) is 0 Å². The highest BCUT2D eigenvalue weighted by molar-refractivity contribution is 8.01. The molecule has 4 aliphatic rings. The van der Waals surface area contributed by atoms with Crippen molar-refractivity contribution in [2.45, 2.75) is 88.9 Å². The fourth-order valence-corrected chi connectivity index (χ4v) is 9.20. The zero-order valence-corrected chi connectivity index (χ0v) is 30.6. The Balaban J connectivity index is 1.12. The molecule has 11 heteroatoms. The number of halogens is 1. The molecule has 0 radical (unpaired) electrons. The van der Waals surface area contributed by atoms with Gasteiger partial charge in [-0.25, -0.2) is 9.18 Å². The number of rotatable bonds is 8. The Labute approximate surface area is 295 Å². The highest BCUT2D eigenvalue weighted by Gasteiger charge is 2.44. The molecule has 49 heavy (non-hydrogen) atoms. The summed E-state index contributed by atoms with van der Waals surface area (Å²) in [5, 5.41) is 2.19. The van der Waals surface area contributed by atoms with E-state index >= 15 is 4.39 Å². The number of likely N-dealkylation sites (tertiary alicyclic amines) is 1. The summed E-state index contributed by atoms with van der Waals surface area (Å²) in [5.74, 6) is 0.0768. The Morgan fingerprint density at radius 3 is 2.37 bits per heavy atom. The van der Waals surface area contributed by atoms with Crippen LogP contribution in [0.15, 0.2) is 42.5 Å². The van der Waals surface area contributed by atoms with Gasteiger partial charge in [-0.3, -0.25) is 14.5 Å². The maximum atomic E-state index is 15.7. The molecular weight excluding hydrogens is 640 g/mol. The van der Waals surface area contributed by atoms with Gasteiger partial charge in [0.15, 0.2) is 0 Å². The third-order valence-corrected chi connectivity index (χ3v) is 12.1. The minimum Gasteiger partial charge on any atom is -0.366 e. The van der Waals surface area contributed by atoms with Gasteiger partial charge in [0.2, 0.25) is 11.8 Å². The molecule has 0 saturated carbocycles. The van der Waals surface area contributed by atoms with Gasteiger partial charge in [0.05, 0.1) is 10.9 Å². The Morgan fingerprint density at radius 2 is 1.67 bits per heavy atom. The number of nitrogens with one attached hydrogen (secondary N) is 1. The van der Waals surface area contributed by atoms with E-state index in [2.05, 4.69) is 55.8 Å². The predicted molar refractivity (Wildman–Crippen MR) is 195 cm³/mol. The summed E-state index contributed by atoms with van der Waals surface area (Å²) >= 11 is 1.50. The fourth-order valence-electron chi connectivity index (χ4n) is 7.71. The number of piperazine rings is 1. The third kappa shape index (κ3) is 7.88. The molecule has 2 atom stereocenters. The van der Waals surface area contributed by atoms with Crippen LogP contribution in [0.4, 0.5) is 20.6 Å². The van der Waals surface area contributed by atoms with Gasteiger partial charge in [0.25, 0.3) is 0 Å². The van der Waals surface area contributed by atoms with Crippen LogP contribution in [-0.4, -0.2) is 107 Å². The summed E-state index contributed by atoms with van der Waals surface area (Å²) in [7, 11) is 0. The van der Waals surface area contributed by atoms with E-state index in [0.29, 0.717) is 63.7 Å². The van der Waals surface area contributed by atoms with Crippen LogP contribution >= 0.6 is 11.8 Å². The number of hydrogen-bond donors (Lipinski definition) is 1. The molecule has 0 bridgehead atoms. The van der Waals surface area contributed by atoms with Crippen LogP contribution in [0.2, 0.25) is 0 Å². The minimum atomic E-state index is -0.522. The summed E-state index contributed by atoms with van der Waals surface area (Å²) in [5.41, 5.74) is 3.47. The summed E-state index contributed by atoms with van der Waals surface area (Å²) in [6.45, 7) is 16.4. The molecular formula is C38H53FN6O3S. The van der Waals surface area contributed by atoms with Gasteiger partial charge >= 0.3 is 6.03 Å². The number of anilines is 2. The number of carbonyl (C=O) groups excluding carboxylic acids is 3. The first-order valence-electron chi connectivity index (χ1n) is 18.1. The zero-order valence-electron chi connectivity index (χ0n) is 29.8. The van der Waals surface area contributed by atoms with Gasteiger partial charge in [-0.2, -0.15) is 0 Å². The summed E-state index contributed by atoms with van der Waals surface area (Å²) in [4.78, 5) is 51.1. The lowest BCUT2D eigenvalue weighted by molar-refractivity contribution is -0.136. The third-order valence-electron chi connectivity index (χ3n) is 10.7. The second-order valence-electron chi connectivity index (χ2n) is 15.4. The number of piperidine rings is 1. The molecule has 2 aromatic rings. The van der Waals surface area contributed by atoms with Crippen LogP contribution in [0.5, 0.6) is 0 Å². The standard InChI is InChI=1S/C38H53FN6O3S/c1-26(2)13-19-45-35(47)32(49-36(45)29-10-8-11-30(39)34(29)42-21-23-43(24-22-42)38(3,4)5)25-33(46)41-17-15-28(16-18-41)44-20-14-27-9-6-7-12-31(27)40-37(44)48/h6-12,26,28,32,36H,13-25H2,1-5H3,(H,40,48)/t32-,36?/m1/s1. The van der Waals surface area contributed by atoms with E-state index in [1.807, 2.05) is 39.0 Å². The number of thioether (sulfide) groups is 1. The molecule has 9 nitrogen and oxygen atoms in total. The van der Waals surface area contributed by atoms with Crippen LogP contribution in [0.25, 0.3) is 0 Å². The van der Waals surface area contributed by atoms with E-state index in [9.17, 15) is 14.4 Å². The highest BCUT2D eigenvalue weighted by atomic mass is 32.2. The first-order valence-corrected chi connectivity index (χ1v) is 19.0. The van der Waals surface area contributed by atoms with E-state index in [1.54, 1.807) is 6.07 Å². The lowest BCUT2D eigenvalue weighted by Crippen LogP contribution is -2.53. The van der Waals surface area contributed by atoms with Gasteiger partial charge in [-0.05, 0) is 70.1 Å². The normalized spacial score (nSPS) is 22.8. The summed E-state index contributed by atoms with van der Waals surface area (Å²) in [6.07, 6.45) is 3.17. The monoisotopic (exact) mass is 692 g/mol. The van der Waals surface area contributed by atoms with Gasteiger partial charge in [-0.1, -0.05) is 44.2 Å². The maximum absolute atomic E-state index is 15.7. The number of amides is 4. The predicted octanol–water partition coefficient (Wildman–Crippen LogP) is 6.21. The second kappa shape index (κ2) is 14.9. The van der Waals surface area contributed by atoms with Crippen molar-refractivity contribution in [3.05, 3.63) is 59.4 Å². The number of nitrogens with zero attached hydrogens (tertiary/aromatic N) is 5. The molecule has 0 aliphatic carbocycles. The van der Waals surface area contributed by atoms with E-state index in [1.165, 1.54) is 17.8 Å². The SMILES string of the molecule is CC(C)CCN1C(=O)[C@@H](CC(=O)N2CCC(N3CCc4ccccc4NC3=O)CC2)SC1c1cccc(F)c1N1CCN(C(C)(C)C)CC1. The molecule has 0 spiro atoms. The van der Waals surface area contributed by atoms with Gasteiger partial charge < -0.3 is 24.9 Å². The van der Waals surface area contributed by atoms with Crippen molar-refractivity contribution in [3.63, 3.8) is 0 Å². The lowest BCUT2D eigenvalue weighted by atomic mass is 10.0. The number of carbonyl (C=O) groups is 3.